The van der Waals surface area contributed by atoms with Crippen LogP contribution < -0.4 is 10.6 Å². The van der Waals surface area contributed by atoms with Crippen LogP contribution in [0.25, 0.3) is 11.0 Å². The van der Waals surface area contributed by atoms with E-state index in [1.165, 1.54) is 0 Å². The number of amides is 1. The van der Waals surface area contributed by atoms with Crippen LogP contribution >= 0.6 is 0 Å². The molecule has 1 aliphatic rings. The Morgan fingerprint density at radius 2 is 2.10 bits per heavy atom. The van der Waals surface area contributed by atoms with Crippen molar-refractivity contribution >= 4 is 16.9 Å². The second-order valence-corrected chi connectivity index (χ2v) is 5.89. The van der Waals surface area contributed by atoms with E-state index >= 15 is 0 Å². The molecule has 0 spiro atoms. The average molecular weight is 272 g/mol. The molecule has 20 heavy (non-hydrogen) atoms. The normalized spacial score (nSPS) is 18.1. The highest BCUT2D eigenvalue weighted by Crippen LogP contribution is 2.27. The van der Waals surface area contributed by atoms with Crippen molar-refractivity contribution in [2.45, 2.75) is 19.8 Å². The quantitative estimate of drug-likeness (QED) is 0.903. The molecule has 1 aromatic heterocycles. The fourth-order valence-corrected chi connectivity index (χ4v) is 2.75. The van der Waals surface area contributed by atoms with Crippen molar-refractivity contribution in [3.63, 3.8) is 0 Å². The van der Waals surface area contributed by atoms with E-state index in [4.69, 9.17) is 4.42 Å². The van der Waals surface area contributed by atoms with Crippen molar-refractivity contribution in [3.8, 4) is 0 Å². The number of hydrogen-bond acceptors (Lipinski definition) is 3. The Bertz CT molecular complexity index is 612. The van der Waals surface area contributed by atoms with E-state index in [9.17, 15) is 4.79 Å². The maximum Gasteiger partial charge on any atom is 0.255 e. The summed E-state index contributed by atoms with van der Waals surface area (Å²) in [6.45, 7) is 5.01. The summed E-state index contributed by atoms with van der Waals surface area (Å²) in [5.41, 5.74) is 1.57. The number of hydrogen-bond donors (Lipinski definition) is 2. The summed E-state index contributed by atoms with van der Waals surface area (Å²) in [5.74, 6) is -0.0466. The Hall–Kier alpha value is -1.81. The Balaban J connectivity index is 1.70. The lowest BCUT2D eigenvalue weighted by atomic mass is 9.81. The molecule has 0 atom stereocenters. The number of carbonyl (C=O) groups excluding carboxylic acids is 1. The van der Waals surface area contributed by atoms with Gasteiger partial charge in [-0.3, -0.25) is 4.79 Å². The van der Waals surface area contributed by atoms with Gasteiger partial charge >= 0.3 is 0 Å². The standard InChI is InChI=1S/C16H20N2O2/c1-16(6-8-17-9-7-16)11-18-15(19)13-10-20-14-5-3-2-4-12(13)14/h2-5,10,17H,6-9,11H2,1H3,(H,18,19). The maximum absolute atomic E-state index is 12.3. The summed E-state index contributed by atoms with van der Waals surface area (Å²) in [5, 5.41) is 7.29. The second kappa shape index (κ2) is 5.29. The fourth-order valence-electron chi connectivity index (χ4n) is 2.75. The first-order valence-electron chi connectivity index (χ1n) is 7.13. The average Bonchev–Trinajstić information content (AvgIpc) is 2.90. The van der Waals surface area contributed by atoms with Gasteiger partial charge in [0.25, 0.3) is 5.91 Å². The SMILES string of the molecule is CC1(CNC(=O)c2coc3ccccc23)CCNCC1. The van der Waals surface area contributed by atoms with Crippen molar-refractivity contribution in [1.29, 1.82) is 0 Å². The summed E-state index contributed by atoms with van der Waals surface area (Å²) in [6.07, 6.45) is 3.74. The number of piperidine rings is 1. The molecular formula is C16H20N2O2. The van der Waals surface area contributed by atoms with E-state index in [0.717, 1.165) is 36.9 Å². The molecule has 1 fully saturated rings. The molecule has 2 heterocycles. The van der Waals surface area contributed by atoms with Gasteiger partial charge in [-0.05, 0) is 37.4 Å². The van der Waals surface area contributed by atoms with Crippen LogP contribution in [0, 0.1) is 5.41 Å². The molecule has 0 bridgehead atoms. The van der Waals surface area contributed by atoms with Crippen molar-refractivity contribution < 1.29 is 9.21 Å². The molecule has 0 radical (unpaired) electrons. The minimum absolute atomic E-state index is 0.0466. The van der Waals surface area contributed by atoms with Gasteiger partial charge in [-0.2, -0.15) is 0 Å². The van der Waals surface area contributed by atoms with Crippen LogP contribution in [-0.2, 0) is 0 Å². The molecule has 0 saturated carbocycles. The Morgan fingerprint density at radius 3 is 2.90 bits per heavy atom. The molecule has 106 valence electrons. The molecule has 3 rings (SSSR count). The van der Waals surface area contributed by atoms with Gasteiger partial charge in [0.05, 0.1) is 5.56 Å². The molecule has 4 nitrogen and oxygen atoms in total. The summed E-state index contributed by atoms with van der Waals surface area (Å²) >= 11 is 0. The van der Waals surface area contributed by atoms with Crippen molar-refractivity contribution in [2.24, 2.45) is 5.41 Å². The molecule has 1 aromatic carbocycles. The van der Waals surface area contributed by atoms with E-state index in [2.05, 4.69) is 17.6 Å². The van der Waals surface area contributed by atoms with Crippen molar-refractivity contribution in [2.75, 3.05) is 19.6 Å². The molecule has 2 aromatic rings. The largest absolute Gasteiger partial charge is 0.463 e. The minimum atomic E-state index is -0.0466. The molecule has 1 saturated heterocycles. The topological polar surface area (TPSA) is 54.3 Å². The highest BCUT2D eigenvalue weighted by Gasteiger charge is 2.27. The third-order valence-corrected chi connectivity index (χ3v) is 4.21. The highest BCUT2D eigenvalue weighted by atomic mass is 16.3. The first-order valence-corrected chi connectivity index (χ1v) is 7.13. The Kier molecular flexibility index (Phi) is 3.49. The van der Waals surface area contributed by atoms with Gasteiger partial charge in [0.15, 0.2) is 0 Å². The van der Waals surface area contributed by atoms with Crippen molar-refractivity contribution in [1.82, 2.24) is 10.6 Å². The zero-order chi connectivity index (χ0) is 14.0. The van der Waals surface area contributed by atoms with Crippen LogP contribution in [0.3, 0.4) is 0 Å². The number of furan rings is 1. The molecule has 0 unspecified atom stereocenters. The van der Waals surface area contributed by atoms with E-state index < -0.39 is 0 Å². The number of benzene rings is 1. The predicted molar refractivity (Wildman–Crippen MR) is 78.8 cm³/mol. The summed E-state index contributed by atoms with van der Waals surface area (Å²) in [4.78, 5) is 12.3. The first-order chi connectivity index (χ1) is 9.68. The highest BCUT2D eigenvalue weighted by molar-refractivity contribution is 6.05. The molecule has 1 amide bonds. The van der Waals surface area contributed by atoms with Gasteiger partial charge in [0, 0.05) is 11.9 Å². The summed E-state index contributed by atoms with van der Waals surface area (Å²) in [7, 11) is 0. The lowest BCUT2D eigenvalue weighted by molar-refractivity contribution is 0.0923. The molecule has 2 N–H and O–H groups in total. The summed E-state index contributed by atoms with van der Waals surface area (Å²) in [6, 6.07) is 7.62. The number of fused-ring (bicyclic) bond motifs is 1. The molecule has 0 aliphatic carbocycles. The Morgan fingerprint density at radius 1 is 1.35 bits per heavy atom. The second-order valence-electron chi connectivity index (χ2n) is 5.89. The monoisotopic (exact) mass is 272 g/mol. The number of para-hydroxylation sites is 1. The van der Waals surface area contributed by atoms with Crippen LogP contribution in [0.2, 0.25) is 0 Å². The predicted octanol–water partition coefficient (Wildman–Crippen LogP) is 2.55. The van der Waals surface area contributed by atoms with Crippen LogP contribution in [0.5, 0.6) is 0 Å². The third-order valence-electron chi connectivity index (χ3n) is 4.21. The summed E-state index contributed by atoms with van der Waals surface area (Å²) < 4.78 is 5.42. The fraction of sp³-hybridized carbons (Fsp3) is 0.438. The van der Waals surface area contributed by atoms with Crippen LogP contribution in [0.15, 0.2) is 34.9 Å². The molecular weight excluding hydrogens is 252 g/mol. The van der Waals surface area contributed by atoms with Gasteiger partial charge in [0.1, 0.15) is 11.8 Å². The van der Waals surface area contributed by atoms with Crippen LogP contribution in [0.1, 0.15) is 30.1 Å². The number of rotatable bonds is 3. The molecule has 4 heteroatoms. The van der Waals surface area contributed by atoms with Gasteiger partial charge < -0.3 is 15.1 Å². The van der Waals surface area contributed by atoms with Gasteiger partial charge in [0.2, 0.25) is 0 Å². The maximum atomic E-state index is 12.3. The van der Waals surface area contributed by atoms with E-state index in [1.54, 1.807) is 6.26 Å². The third kappa shape index (κ3) is 2.56. The Labute approximate surface area is 118 Å². The zero-order valence-electron chi connectivity index (χ0n) is 11.7. The van der Waals surface area contributed by atoms with Gasteiger partial charge in [-0.25, -0.2) is 0 Å². The lowest BCUT2D eigenvalue weighted by Crippen LogP contribution is -2.42. The van der Waals surface area contributed by atoms with Crippen LogP contribution in [-0.4, -0.2) is 25.5 Å². The van der Waals surface area contributed by atoms with E-state index in [-0.39, 0.29) is 11.3 Å². The first kappa shape index (κ1) is 13.2. The van der Waals surface area contributed by atoms with Crippen LogP contribution in [0.4, 0.5) is 0 Å². The number of nitrogens with one attached hydrogen (secondary N) is 2. The van der Waals surface area contributed by atoms with Gasteiger partial charge in [-0.15, -0.1) is 0 Å². The van der Waals surface area contributed by atoms with E-state index in [0.29, 0.717) is 12.1 Å². The van der Waals surface area contributed by atoms with Gasteiger partial charge in [-0.1, -0.05) is 25.1 Å². The van der Waals surface area contributed by atoms with Crippen molar-refractivity contribution in [3.05, 3.63) is 36.1 Å². The lowest BCUT2D eigenvalue weighted by Gasteiger charge is -2.34. The molecule has 1 aliphatic heterocycles. The number of carbonyl (C=O) groups is 1. The smallest absolute Gasteiger partial charge is 0.255 e. The minimum Gasteiger partial charge on any atom is -0.463 e. The van der Waals surface area contributed by atoms with E-state index in [1.807, 2.05) is 24.3 Å². The zero-order valence-corrected chi connectivity index (χ0v) is 11.7.